The molecule has 0 bridgehead atoms. The molecule has 2 aromatic rings. The van der Waals surface area contributed by atoms with Crippen LogP contribution in [-0.2, 0) is 11.3 Å². The number of anilines is 1. The van der Waals surface area contributed by atoms with Crippen molar-refractivity contribution in [3.63, 3.8) is 0 Å². The first-order chi connectivity index (χ1) is 14.2. The summed E-state index contributed by atoms with van der Waals surface area (Å²) in [5.74, 6) is 0.357. The third-order valence-electron chi connectivity index (χ3n) is 5.88. The topological polar surface area (TPSA) is 74.2 Å². The van der Waals surface area contributed by atoms with Crippen LogP contribution in [0, 0.1) is 11.7 Å². The van der Waals surface area contributed by atoms with Crippen LogP contribution in [0.25, 0.3) is 0 Å². The molecule has 7 nitrogen and oxygen atoms in total. The molecule has 0 spiro atoms. The zero-order chi connectivity index (χ0) is 20.1. The van der Waals surface area contributed by atoms with Crippen molar-refractivity contribution in [2.45, 2.75) is 38.3 Å². The second-order valence-electron chi connectivity index (χ2n) is 7.83. The molecule has 1 atom stereocenters. The summed E-state index contributed by atoms with van der Waals surface area (Å²) in [5, 5.41) is 3.06. The number of hydrogen-bond acceptors (Lipinski definition) is 6. The monoisotopic (exact) mass is 398 g/mol. The molecule has 0 saturated carbocycles. The third-order valence-corrected chi connectivity index (χ3v) is 5.88. The largest absolute Gasteiger partial charge is 0.352 e. The molecule has 0 unspecified atom stereocenters. The predicted octanol–water partition coefficient (Wildman–Crippen LogP) is 2.01. The highest BCUT2D eigenvalue weighted by atomic mass is 19.1. The van der Waals surface area contributed by atoms with Gasteiger partial charge in [0.2, 0.25) is 11.9 Å². The van der Waals surface area contributed by atoms with Gasteiger partial charge < -0.3 is 10.2 Å². The van der Waals surface area contributed by atoms with Crippen molar-refractivity contribution in [3.8, 4) is 0 Å². The Balaban J connectivity index is 1.26. The van der Waals surface area contributed by atoms with E-state index in [9.17, 15) is 9.18 Å². The van der Waals surface area contributed by atoms with Crippen LogP contribution in [0.1, 0.15) is 31.2 Å². The summed E-state index contributed by atoms with van der Waals surface area (Å²) >= 11 is 0. The fourth-order valence-corrected chi connectivity index (χ4v) is 4.29. The Labute approximate surface area is 170 Å². The zero-order valence-electron chi connectivity index (χ0n) is 16.5. The number of aromatic nitrogens is 3. The van der Waals surface area contributed by atoms with Crippen LogP contribution in [0.5, 0.6) is 0 Å². The Bertz CT molecular complexity index is 795. The number of nitrogens with zero attached hydrogens (tertiary/aromatic N) is 5. The summed E-state index contributed by atoms with van der Waals surface area (Å²) in [6, 6.07) is 4.33. The molecule has 2 aliphatic heterocycles. The van der Waals surface area contributed by atoms with E-state index in [-0.39, 0.29) is 11.8 Å². The lowest BCUT2D eigenvalue weighted by Gasteiger charge is -2.42. The van der Waals surface area contributed by atoms with Gasteiger partial charge in [-0.05, 0) is 43.9 Å². The summed E-state index contributed by atoms with van der Waals surface area (Å²) in [6.07, 6.45) is 9.95. The fourth-order valence-electron chi connectivity index (χ4n) is 4.29. The minimum Gasteiger partial charge on any atom is -0.352 e. The van der Waals surface area contributed by atoms with E-state index in [4.69, 9.17) is 0 Å². The SMILES string of the molecule is O=C(NCc1cccnc1)[C@H]1CCCN(C2CCN(c3ncc(F)cn3)CC2)C1. The van der Waals surface area contributed by atoms with E-state index in [0.29, 0.717) is 18.5 Å². The highest BCUT2D eigenvalue weighted by molar-refractivity contribution is 5.78. The highest BCUT2D eigenvalue weighted by Gasteiger charge is 2.32. The molecule has 1 amide bonds. The van der Waals surface area contributed by atoms with Gasteiger partial charge in [0.25, 0.3) is 0 Å². The molecular formula is C21H27FN6O. The van der Waals surface area contributed by atoms with Crippen molar-refractivity contribution in [1.29, 1.82) is 0 Å². The smallest absolute Gasteiger partial charge is 0.225 e. The molecule has 1 N–H and O–H groups in total. The number of hydrogen-bond donors (Lipinski definition) is 1. The molecule has 0 radical (unpaired) electrons. The Morgan fingerprint density at radius 1 is 1.14 bits per heavy atom. The number of rotatable bonds is 5. The van der Waals surface area contributed by atoms with Gasteiger partial charge in [-0.1, -0.05) is 6.07 Å². The first-order valence-electron chi connectivity index (χ1n) is 10.3. The molecule has 4 heterocycles. The summed E-state index contributed by atoms with van der Waals surface area (Å²) in [7, 11) is 0. The molecule has 154 valence electrons. The van der Waals surface area contributed by atoms with E-state index in [1.54, 1.807) is 12.4 Å². The van der Waals surface area contributed by atoms with Crippen molar-refractivity contribution in [2.75, 3.05) is 31.1 Å². The predicted molar refractivity (Wildman–Crippen MR) is 108 cm³/mol. The molecule has 2 saturated heterocycles. The first kappa shape index (κ1) is 19.7. The Morgan fingerprint density at radius 2 is 1.93 bits per heavy atom. The van der Waals surface area contributed by atoms with Crippen LogP contribution >= 0.6 is 0 Å². The number of carbonyl (C=O) groups excluding carboxylic acids is 1. The molecule has 2 aromatic heterocycles. The van der Waals surface area contributed by atoms with E-state index < -0.39 is 5.82 Å². The van der Waals surface area contributed by atoms with Crippen molar-refractivity contribution < 1.29 is 9.18 Å². The molecule has 2 aliphatic rings. The van der Waals surface area contributed by atoms with E-state index in [1.165, 1.54) is 12.4 Å². The number of pyridine rings is 1. The molecule has 29 heavy (non-hydrogen) atoms. The van der Waals surface area contributed by atoms with Gasteiger partial charge in [-0.3, -0.25) is 14.7 Å². The zero-order valence-corrected chi connectivity index (χ0v) is 16.5. The van der Waals surface area contributed by atoms with Crippen LogP contribution in [-0.4, -0.2) is 58.0 Å². The standard InChI is InChI=1S/C21H27FN6O/c22-18-13-25-21(26-14-18)27-9-5-19(6-10-27)28-8-2-4-17(15-28)20(29)24-12-16-3-1-7-23-11-16/h1,3,7,11,13-14,17,19H,2,4-6,8-10,12,15H2,(H,24,29)/t17-/m0/s1. The number of halogens is 1. The van der Waals surface area contributed by atoms with Crippen molar-refractivity contribution in [1.82, 2.24) is 25.2 Å². The third kappa shape index (κ3) is 5.06. The number of nitrogens with one attached hydrogen (secondary N) is 1. The summed E-state index contributed by atoms with van der Waals surface area (Å²) in [4.78, 5) is 29.5. The Kier molecular flexibility index (Phi) is 6.29. The van der Waals surface area contributed by atoms with Crippen molar-refractivity contribution in [2.24, 2.45) is 5.92 Å². The normalized spacial score (nSPS) is 21.1. The lowest BCUT2D eigenvalue weighted by Crippen LogP contribution is -2.51. The maximum atomic E-state index is 13.0. The highest BCUT2D eigenvalue weighted by Crippen LogP contribution is 2.25. The fraction of sp³-hybridized carbons (Fsp3) is 0.524. The van der Waals surface area contributed by atoms with E-state index in [1.807, 2.05) is 12.1 Å². The van der Waals surface area contributed by atoms with Crippen LogP contribution in [0.15, 0.2) is 36.9 Å². The van der Waals surface area contributed by atoms with Gasteiger partial charge in [-0.25, -0.2) is 14.4 Å². The maximum absolute atomic E-state index is 13.0. The van der Waals surface area contributed by atoms with Crippen LogP contribution in [0.2, 0.25) is 0 Å². The average Bonchev–Trinajstić information content (AvgIpc) is 2.79. The van der Waals surface area contributed by atoms with Crippen LogP contribution in [0.4, 0.5) is 10.3 Å². The van der Waals surface area contributed by atoms with E-state index >= 15 is 0 Å². The van der Waals surface area contributed by atoms with Crippen LogP contribution in [0.3, 0.4) is 0 Å². The second-order valence-corrected chi connectivity index (χ2v) is 7.83. The first-order valence-corrected chi connectivity index (χ1v) is 10.3. The Morgan fingerprint density at radius 3 is 2.66 bits per heavy atom. The average molecular weight is 398 g/mol. The molecule has 4 rings (SSSR count). The molecule has 2 fully saturated rings. The van der Waals surface area contributed by atoms with Gasteiger partial charge in [-0.15, -0.1) is 0 Å². The van der Waals surface area contributed by atoms with Crippen molar-refractivity contribution in [3.05, 3.63) is 48.3 Å². The molecule has 8 heteroatoms. The number of carbonyl (C=O) groups is 1. The minimum atomic E-state index is -0.412. The van der Waals surface area contributed by atoms with E-state index in [2.05, 4.69) is 30.1 Å². The second kappa shape index (κ2) is 9.26. The quantitative estimate of drug-likeness (QED) is 0.831. The Hall–Kier alpha value is -2.61. The maximum Gasteiger partial charge on any atom is 0.225 e. The van der Waals surface area contributed by atoms with Gasteiger partial charge in [0.1, 0.15) is 0 Å². The summed E-state index contributed by atoms with van der Waals surface area (Å²) < 4.78 is 13.0. The van der Waals surface area contributed by atoms with Gasteiger partial charge in [0, 0.05) is 44.6 Å². The van der Waals surface area contributed by atoms with E-state index in [0.717, 1.165) is 57.4 Å². The number of amides is 1. The number of likely N-dealkylation sites (tertiary alicyclic amines) is 1. The molecule has 0 aromatic carbocycles. The summed E-state index contributed by atoms with van der Waals surface area (Å²) in [6.45, 7) is 4.09. The van der Waals surface area contributed by atoms with Gasteiger partial charge in [-0.2, -0.15) is 0 Å². The molecule has 0 aliphatic carbocycles. The van der Waals surface area contributed by atoms with Crippen LogP contribution < -0.4 is 10.2 Å². The van der Waals surface area contributed by atoms with Gasteiger partial charge in [0.15, 0.2) is 5.82 Å². The molecular weight excluding hydrogens is 371 g/mol. The van der Waals surface area contributed by atoms with Gasteiger partial charge in [0.05, 0.1) is 18.3 Å². The lowest BCUT2D eigenvalue weighted by molar-refractivity contribution is -0.127. The number of piperidine rings is 2. The lowest BCUT2D eigenvalue weighted by atomic mass is 9.93. The van der Waals surface area contributed by atoms with Crippen molar-refractivity contribution >= 4 is 11.9 Å². The summed E-state index contributed by atoms with van der Waals surface area (Å²) in [5.41, 5.74) is 1.02. The minimum absolute atomic E-state index is 0.0406. The van der Waals surface area contributed by atoms with Gasteiger partial charge >= 0.3 is 0 Å².